The zero-order valence-electron chi connectivity index (χ0n) is 13.8. The molecule has 0 bridgehead atoms. The van der Waals surface area contributed by atoms with Crippen LogP contribution in [-0.2, 0) is 5.41 Å². The van der Waals surface area contributed by atoms with Crippen molar-refractivity contribution < 1.29 is 4.74 Å². The van der Waals surface area contributed by atoms with Gasteiger partial charge >= 0.3 is 5.69 Å². The highest BCUT2D eigenvalue weighted by molar-refractivity contribution is 14.2. The number of benzene rings is 1. The molecule has 1 N–H and O–H groups in total. The zero-order chi connectivity index (χ0) is 17.9. The summed E-state index contributed by atoms with van der Waals surface area (Å²) in [5, 5.41) is 2.95. The fourth-order valence-corrected chi connectivity index (χ4v) is 2.80. The van der Waals surface area contributed by atoms with Crippen LogP contribution < -0.4 is 16.0 Å². The number of aromatic nitrogens is 2. The Morgan fingerprint density at radius 3 is 2.54 bits per heavy atom. The smallest absolute Gasteiger partial charge is 0.332 e. The van der Waals surface area contributed by atoms with Gasteiger partial charge < -0.3 is 4.74 Å². The highest BCUT2D eigenvalue weighted by Gasteiger charge is 2.22. The average Bonchev–Trinajstić information content (AvgIpc) is 2.51. The van der Waals surface area contributed by atoms with Crippen LogP contribution in [0.3, 0.4) is 0 Å². The number of nitrogens with one attached hydrogen (secondary N) is 1. The molecular formula is C17H17IN2O3S. The van der Waals surface area contributed by atoms with Crippen LogP contribution >= 0.6 is 30.1 Å². The van der Waals surface area contributed by atoms with E-state index < -0.39 is 11.2 Å². The van der Waals surface area contributed by atoms with Crippen molar-refractivity contribution >= 4 is 30.1 Å². The molecule has 1 aromatic heterocycles. The molecule has 24 heavy (non-hydrogen) atoms. The van der Waals surface area contributed by atoms with E-state index in [2.05, 4.69) is 58.1 Å². The summed E-state index contributed by atoms with van der Waals surface area (Å²) >= 11 is 2.10. The van der Waals surface area contributed by atoms with E-state index in [1.54, 1.807) is 13.2 Å². The summed E-state index contributed by atoms with van der Waals surface area (Å²) in [4.78, 5) is 25.7. The fraction of sp³-hybridized carbons (Fsp3) is 0.294. The number of hydrogen-bond acceptors (Lipinski definition) is 4. The standard InChI is InChI=1S/C17H17IN2O3S/c1-17(2,3)13-10-12(20-7-5-14(21)19-16(20)22)9-11(6-8-24-18)15(13)23-4/h5,7,9-10H,1-4H3,(H,19,21,22). The van der Waals surface area contributed by atoms with E-state index in [-0.39, 0.29) is 5.41 Å². The molecule has 0 aliphatic rings. The number of ether oxygens (including phenoxy) is 1. The predicted molar refractivity (Wildman–Crippen MR) is 106 cm³/mol. The lowest BCUT2D eigenvalue weighted by molar-refractivity contribution is 0.396. The molecule has 1 aromatic carbocycles. The number of hydrogen-bond donors (Lipinski definition) is 1. The maximum atomic E-state index is 12.1. The van der Waals surface area contributed by atoms with Crippen molar-refractivity contribution in [1.82, 2.24) is 9.55 Å². The van der Waals surface area contributed by atoms with Gasteiger partial charge in [0.25, 0.3) is 5.56 Å². The van der Waals surface area contributed by atoms with Crippen LogP contribution in [0.1, 0.15) is 31.9 Å². The van der Waals surface area contributed by atoms with Gasteiger partial charge in [0.15, 0.2) is 0 Å². The van der Waals surface area contributed by atoms with Crippen molar-refractivity contribution in [2.24, 2.45) is 0 Å². The van der Waals surface area contributed by atoms with Gasteiger partial charge in [0.2, 0.25) is 0 Å². The van der Waals surface area contributed by atoms with E-state index in [1.807, 2.05) is 6.07 Å². The molecule has 2 rings (SSSR count). The topological polar surface area (TPSA) is 64.1 Å². The summed E-state index contributed by atoms with van der Waals surface area (Å²) in [7, 11) is 2.98. The molecule has 7 heteroatoms. The summed E-state index contributed by atoms with van der Waals surface area (Å²) < 4.78 is 6.97. The predicted octanol–water partition coefficient (Wildman–Crippen LogP) is 3.22. The van der Waals surface area contributed by atoms with Gasteiger partial charge in [0.1, 0.15) is 5.75 Å². The Kier molecular flexibility index (Phi) is 5.83. The number of methoxy groups -OCH3 is 1. The minimum atomic E-state index is -0.491. The molecule has 0 unspecified atom stereocenters. The minimum absolute atomic E-state index is 0.207. The first-order valence-corrected chi connectivity index (χ1v) is 10.5. The van der Waals surface area contributed by atoms with Gasteiger partial charge in [0, 0.05) is 39.0 Å². The Morgan fingerprint density at radius 1 is 1.29 bits per heavy atom. The van der Waals surface area contributed by atoms with Crippen molar-refractivity contribution in [3.8, 4) is 22.6 Å². The van der Waals surface area contributed by atoms with E-state index in [0.717, 1.165) is 5.56 Å². The van der Waals surface area contributed by atoms with Crippen LogP contribution in [0.15, 0.2) is 34.0 Å². The Balaban J connectivity index is 2.82. The maximum absolute atomic E-state index is 12.1. The summed E-state index contributed by atoms with van der Waals surface area (Å²) in [6.45, 7) is 6.19. The molecule has 126 valence electrons. The van der Waals surface area contributed by atoms with Gasteiger partial charge in [-0.15, -0.1) is 0 Å². The van der Waals surface area contributed by atoms with Gasteiger partial charge in [-0.1, -0.05) is 26.7 Å². The average molecular weight is 456 g/mol. The molecule has 0 atom stereocenters. The quantitative estimate of drug-likeness (QED) is 0.557. The molecule has 0 aliphatic carbocycles. The maximum Gasteiger partial charge on any atom is 0.332 e. The molecular weight excluding hydrogens is 439 g/mol. The number of H-pyrrole nitrogens is 1. The first-order valence-electron chi connectivity index (χ1n) is 7.11. The number of halogens is 1. The normalized spacial score (nSPS) is 10.9. The monoisotopic (exact) mass is 456 g/mol. The molecule has 0 radical (unpaired) electrons. The van der Waals surface area contributed by atoms with Crippen LogP contribution in [0.25, 0.3) is 5.69 Å². The van der Waals surface area contributed by atoms with Crippen molar-refractivity contribution in [3.63, 3.8) is 0 Å². The molecule has 0 spiro atoms. The first kappa shape index (κ1) is 18.7. The highest BCUT2D eigenvalue weighted by Crippen LogP contribution is 2.35. The van der Waals surface area contributed by atoms with E-state index in [9.17, 15) is 9.59 Å². The van der Waals surface area contributed by atoms with E-state index in [1.165, 1.54) is 25.8 Å². The van der Waals surface area contributed by atoms with Crippen LogP contribution in [-0.4, -0.2) is 16.7 Å². The number of rotatable bonds is 2. The van der Waals surface area contributed by atoms with Gasteiger partial charge in [-0.3, -0.25) is 14.3 Å². The Morgan fingerprint density at radius 2 is 2.00 bits per heavy atom. The van der Waals surface area contributed by atoms with E-state index >= 15 is 0 Å². The summed E-state index contributed by atoms with van der Waals surface area (Å²) in [5.41, 5.74) is 1.13. The second-order valence-electron chi connectivity index (χ2n) is 6.11. The van der Waals surface area contributed by atoms with Crippen molar-refractivity contribution in [3.05, 3.63) is 56.4 Å². The fourth-order valence-electron chi connectivity index (χ4n) is 2.32. The molecule has 1 heterocycles. The van der Waals surface area contributed by atoms with E-state index in [0.29, 0.717) is 17.0 Å². The zero-order valence-corrected chi connectivity index (χ0v) is 16.7. The van der Waals surface area contributed by atoms with Crippen LogP contribution in [0, 0.1) is 11.2 Å². The third-order valence-corrected chi connectivity index (χ3v) is 4.25. The number of aromatic amines is 1. The summed E-state index contributed by atoms with van der Waals surface area (Å²) in [6, 6.07) is 4.99. The van der Waals surface area contributed by atoms with Crippen LogP contribution in [0.5, 0.6) is 5.75 Å². The largest absolute Gasteiger partial charge is 0.495 e. The third-order valence-electron chi connectivity index (χ3n) is 3.41. The highest BCUT2D eigenvalue weighted by atomic mass is 127. The van der Waals surface area contributed by atoms with Gasteiger partial charge in [-0.05, 0) is 31.7 Å². The first-order chi connectivity index (χ1) is 11.3. The van der Waals surface area contributed by atoms with Crippen molar-refractivity contribution in [1.29, 1.82) is 0 Å². The number of nitrogens with zero attached hydrogens (tertiary/aromatic N) is 1. The lowest BCUT2D eigenvalue weighted by Gasteiger charge is -2.24. The second-order valence-corrected chi connectivity index (χ2v) is 7.79. The summed E-state index contributed by atoms with van der Waals surface area (Å²) in [6.07, 6.45) is 1.46. The lowest BCUT2D eigenvalue weighted by Crippen LogP contribution is -2.28. The molecule has 5 nitrogen and oxygen atoms in total. The summed E-state index contributed by atoms with van der Waals surface area (Å²) in [5.74, 6) is 3.76. The van der Waals surface area contributed by atoms with Gasteiger partial charge in [0.05, 0.1) is 18.4 Å². The van der Waals surface area contributed by atoms with Gasteiger partial charge in [-0.2, -0.15) is 0 Å². The van der Waals surface area contributed by atoms with Crippen LogP contribution in [0.4, 0.5) is 0 Å². The Hall–Kier alpha value is -1.66. The lowest BCUT2D eigenvalue weighted by atomic mass is 9.84. The third kappa shape index (κ3) is 4.05. The van der Waals surface area contributed by atoms with Crippen LogP contribution in [0.2, 0.25) is 0 Å². The van der Waals surface area contributed by atoms with Gasteiger partial charge in [-0.25, -0.2) is 4.79 Å². The van der Waals surface area contributed by atoms with Crippen molar-refractivity contribution in [2.45, 2.75) is 26.2 Å². The SMILES string of the molecule is COc1c(C#CSI)cc(-n2ccc(=O)[nH]c2=O)cc1C(C)(C)C. The minimum Gasteiger partial charge on any atom is -0.495 e. The second kappa shape index (κ2) is 7.49. The Labute approximate surface area is 156 Å². The molecule has 0 amide bonds. The molecule has 0 saturated heterocycles. The van der Waals surface area contributed by atoms with E-state index in [4.69, 9.17) is 4.74 Å². The molecule has 2 aromatic rings. The molecule has 0 saturated carbocycles. The van der Waals surface area contributed by atoms with Crippen molar-refractivity contribution in [2.75, 3.05) is 7.11 Å². The molecule has 0 fully saturated rings. The molecule has 0 aliphatic heterocycles. The Bertz CT molecular complexity index is 930.